The molecule has 1 aromatic heterocycles. The van der Waals surface area contributed by atoms with E-state index in [0.717, 1.165) is 5.56 Å². The van der Waals surface area contributed by atoms with Crippen molar-refractivity contribution in [3.63, 3.8) is 0 Å². The van der Waals surface area contributed by atoms with Gasteiger partial charge in [0.15, 0.2) is 5.13 Å². The van der Waals surface area contributed by atoms with E-state index in [4.69, 9.17) is 4.74 Å². The van der Waals surface area contributed by atoms with Gasteiger partial charge in [0.25, 0.3) is 0 Å². The molecular formula is C18H23N3O3S. The topological polar surface area (TPSA) is 71.5 Å². The van der Waals surface area contributed by atoms with Crippen LogP contribution in [0.5, 0.6) is 0 Å². The average molecular weight is 361 g/mol. The van der Waals surface area contributed by atoms with Crippen LogP contribution in [-0.2, 0) is 20.9 Å². The van der Waals surface area contributed by atoms with Crippen molar-refractivity contribution in [2.45, 2.75) is 32.9 Å². The molecule has 0 aliphatic carbocycles. The van der Waals surface area contributed by atoms with E-state index in [9.17, 15) is 9.59 Å². The number of carbonyl (C=O) groups excluding carboxylic acids is 2. The fraction of sp³-hybridized carbons (Fsp3) is 0.389. The predicted octanol–water partition coefficient (Wildman–Crippen LogP) is 2.93. The van der Waals surface area contributed by atoms with Gasteiger partial charge < -0.3 is 15.0 Å². The van der Waals surface area contributed by atoms with Crippen molar-refractivity contribution < 1.29 is 14.3 Å². The van der Waals surface area contributed by atoms with Gasteiger partial charge in [-0.15, -0.1) is 11.3 Å². The Bertz CT molecular complexity index is 681. The Hall–Kier alpha value is -2.25. The molecule has 0 saturated heterocycles. The number of amides is 2. The maximum atomic E-state index is 12.5. The molecule has 0 spiro atoms. The first-order chi connectivity index (χ1) is 11.9. The Morgan fingerprint density at radius 2 is 1.96 bits per heavy atom. The first-order valence-electron chi connectivity index (χ1n) is 7.98. The van der Waals surface area contributed by atoms with Crippen molar-refractivity contribution >= 4 is 28.3 Å². The minimum absolute atomic E-state index is 0.0450. The van der Waals surface area contributed by atoms with E-state index in [1.807, 2.05) is 51.1 Å². The molecule has 134 valence electrons. The third-order valence-corrected chi connectivity index (χ3v) is 4.12. The van der Waals surface area contributed by atoms with Crippen LogP contribution in [0.25, 0.3) is 0 Å². The number of rotatable bonds is 7. The van der Waals surface area contributed by atoms with Crippen molar-refractivity contribution in [2.75, 3.05) is 18.5 Å². The average Bonchev–Trinajstić information content (AvgIpc) is 3.05. The van der Waals surface area contributed by atoms with Gasteiger partial charge in [-0.05, 0) is 26.3 Å². The summed E-state index contributed by atoms with van der Waals surface area (Å²) < 4.78 is 5.51. The van der Waals surface area contributed by atoms with Crippen LogP contribution in [0.15, 0.2) is 41.9 Å². The molecule has 2 amide bonds. The van der Waals surface area contributed by atoms with E-state index in [1.54, 1.807) is 11.6 Å². The zero-order valence-electron chi connectivity index (χ0n) is 14.7. The number of thiazole rings is 1. The van der Waals surface area contributed by atoms with Crippen LogP contribution in [0, 0.1) is 0 Å². The van der Waals surface area contributed by atoms with E-state index in [-0.39, 0.29) is 25.0 Å². The molecule has 1 aromatic carbocycles. The van der Waals surface area contributed by atoms with Gasteiger partial charge in [0.2, 0.25) is 11.8 Å². The summed E-state index contributed by atoms with van der Waals surface area (Å²) in [6.07, 6.45) is 1.62. The number of anilines is 1. The van der Waals surface area contributed by atoms with Crippen LogP contribution in [0.4, 0.5) is 5.13 Å². The van der Waals surface area contributed by atoms with Crippen LogP contribution in [-0.4, -0.2) is 40.4 Å². The van der Waals surface area contributed by atoms with Crippen LogP contribution < -0.4 is 5.32 Å². The van der Waals surface area contributed by atoms with Gasteiger partial charge in [0, 0.05) is 17.1 Å². The van der Waals surface area contributed by atoms with Gasteiger partial charge >= 0.3 is 0 Å². The fourth-order valence-corrected chi connectivity index (χ4v) is 2.74. The van der Waals surface area contributed by atoms with E-state index in [1.165, 1.54) is 16.2 Å². The zero-order chi connectivity index (χ0) is 18.3. The molecule has 0 saturated carbocycles. The van der Waals surface area contributed by atoms with Crippen molar-refractivity contribution in [1.82, 2.24) is 9.88 Å². The van der Waals surface area contributed by atoms with Gasteiger partial charge in [-0.3, -0.25) is 9.59 Å². The molecular weight excluding hydrogens is 338 g/mol. The van der Waals surface area contributed by atoms with E-state index >= 15 is 0 Å². The van der Waals surface area contributed by atoms with Crippen molar-refractivity contribution in [2.24, 2.45) is 0 Å². The highest BCUT2D eigenvalue weighted by atomic mass is 32.1. The van der Waals surface area contributed by atoms with Crippen molar-refractivity contribution in [1.29, 1.82) is 0 Å². The minimum Gasteiger partial charge on any atom is -0.367 e. The second-order valence-corrected chi connectivity index (χ2v) is 7.41. The number of benzene rings is 1. The number of nitrogens with one attached hydrogen (secondary N) is 1. The van der Waals surface area contributed by atoms with E-state index in [0.29, 0.717) is 11.7 Å². The van der Waals surface area contributed by atoms with E-state index in [2.05, 4.69) is 10.3 Å². The van der Waals surface area contributed by atoms with Crippen LogP contribution in [0.1, 0.15) is 26.3 Å². The highest BCUT2D eigenvalue weighted by molar-refractivity contribution is 7.13. The molecule has 25 heavy (non-hydrogen) atoms. The number of carbonyl (C=O) groups is 2. The molecule has 6 nitrogen and oxygen atoms in total. The Morgan fingerprint density at radius 1 is 1.24 bits per heavy atom. The van der Waals surface area contributed by atoms with Crippen LogP contribution >= 0.6 is 11.3 Å². The number of hydrogen-bond donors (Lipinski definition) is 1. The minimum atomic E-state index is -0.493. The first-order valence-corrected chi connectivity index (χ1v) is 8.86. The fourth-order valence-electron chi connectivity index (χ4n) is 2.20. The van der Waals surface area contributed by atoms with Crippen molar-refractivity contribution in [3.05, 3.63) is 47.5 Å². The number of nitrogens with zero attached hydrogens (tertiary/aromatic N) is 2. The van der Waals surface area contributed by atoms with E-state index < -0.39 is 5.54 Å². The summed E-state index contributed by atoms with van der Waals surface area (Å²) in [5.74, 6) is -0.501. The summed E-state index contributed by atoms with van der Waals surface area (Å²) in [4.78, 5) is 30.2. The largest absolute Gasteiger partial charge is 0.367 e. The monoisotopic (exact) mass is 361 g/mol. The molecule has 0 aliphatic heterocycles. The standard InChI is InChI=1S/C18H23N3O3S/c1-18(2,3)21(11-15(22)20-17-19-9-10-25-17)16(23)13-24-12-14-7-5-4-6-8-14/h4-10H,11-13H2,1-3H3,(H,19,20,22). The summed E-state index contributed by atoms with van der Waals surface area (Å²) >= 11 is 1.33. The second kappa shape index (κ2) is 8.73. The smallest absolute Gasteiger partial charge is 0.249 e. The zero-order valence-corrected chi connectivity index (χ0v) is 15.5. The van der Waals surface area contributed by atoms with Gasteiger partial charge in [0.05, 0.1) is 6.61 Å². The molecule has 0 aliphatic rings. The molecule has 7 heteroatoms. The lowest BCUT2D eigenvalue weighted by molar-refractivity contribution is -0.144. The third-order valence-electron chi connectivity index (χ3n) is 3.43. The van der Waals surface area contributed by atoms with Crippen LogP contribution in [0.2, 0.25) is 0 Å². The lowest BCUT2D eigenvalue weighted by atomic mass is 10.1. The predicted molar refractivity (Wildman–Crippen MR) is 98.3 cm³/mol. The summed E-state index contributed by atoms with van der Waals surface area (Å²) in [5, 5.41) is 4.99. The lowest BCUT2D eigenvalue weighted by Gasteiger charge is -2.35. The number of ether oxygens (including phenoxy) is 1. The molecule has 1 heterocycles. The lowest BCUT2D eigenvalue weighted by Crippen LogP contribution is -2.50. The molecule has 0 fully saturated rings. The Kier molecular flexibility index (Phi) is 6.66. The van der Waals surface area contributed by atoms with Crippen LogP contribution in [0.3, 0.4) is 0 Å². The normalized spacial score (nSPS) is 11.2. The van der Waals surface area contributed by atoms with Crippen molar-refractivity contribution in [3.8, 4) is 0 Å². The van der Waals surface area contributed by atoms with Gasteiger partial charge in [-0.2, -0.15) is 0 Å². The maximum absolute atomic E-state index is 12.5. The molecule has 0 bridgehead atoms. The SMILES string of the molecule is CC(C)(C)N(CC(=O)Nc1nccs1)C(=O)COCc1ccccc1. The quantitative estimate of drug-likeness (QED) is 0.823. The molecule has 0 radical (unpaired) electrons. The summed E-state index contributed by atoms with van der Waals surface area (Å²) in [7, 11) is 0. The summed E-state index contributed by atoms with van der Waals surface area (Å²) in [6.45, 7) is 5.90. The second-order valence-electron chi connectivity index (χ2n) is 6.51. The first kappa shape index (κ1) is 19.1. The Labute approximate surface area is 151 Å². The summed E-state index contributed by atoms with van der Waals surface area (Å²) in [5.41, 5.74) is 0.507. The van der Waals surface area contributed by atoms with Gasteiger partial charge in [-0.1, -0.05) is 30.3 Å². The highest BCUT2D eigenvalue weighted by Gasteiger charge is 2.28. The molecule has 0 atom stereocenters. The highest BCUT2D eigenvalue weighted by Crippen LogP contribution is 2.15. The maximum Gasteiger partial charge on any atom is 0.249 e. The molecule has 1 N–H and O–H groups in total. The third kappa shape index (κ3) is 6.28. The number of aromatic nitrogens is 1. The molecule has 0 unspecified atom stereocenters. The van der Waals surface area contributed by atoms with Gasteiger partial charge in [0.1, 0.15) is 13.2 Å². The summed E-state index contributed by atoms with van der Waals surface area (Å²) in [6, 6.07) is 9.65. The molecule has 2 rings (SSSR count). The Balaban J connectivity index is 1.89. The number of hydrogen-bond acceptors (Lipinski definition) is 5. The Morgan fingerprint density at radius 3 is 2.56 bits per heavy atom. The molecule has 2 aromatic rings. The van der Waals surface area contributed by atoms with Gasteiger partial charge in [-0.25, -0.2) is 4.98 Å².